The van der Waals surface area contributed by atoms with E-state index in [0.29, 0.717) is 25.4 Å². The second-order valence-electron chi connectivity index (χ2n) is 5.94. The van der Waals surface area contributed by atoms with Crippen LogP contribution in [0.15, 0.2) is 48.5 Å². The van der Waals surface area contributed by atoms with Crippen molar-refractivity contribution < 1.29 is 14.1 Å². The van der Waals surface area contributed by atoms with Crippen molar-refractivity contribution in [2.24, 2.45) is 5.92 Å². The highest BCUT2D eigenvalue weighted by Crippen LogP contribution is 2.33. The van der Waals surface area contributed by atoms with Crippen molar-refractivity contribution in [3.63, 3.8) is 0 Å². The second-order valence-corrected chi connectivity index (χ2v) is 5.94. The molecule has 3 rings (SSSR count). The smallest absolute Gasteiger partial charge is 0.327 e. The number of hydrogen-bond acceptors (Lipinski definition) is 4. The largest absolute Gasteiger partial charge is 0.493 e. The minimum Gasteiger partial charge on any atom is -0.493 e. The standard InChI is InChI=1S/C18H19FN2O3/c19-16-9-4-10-17(18(16)21(22)23)20-11-5-6-14(12-20)13-24-15-7-2-1-3-8-15/h1-4,7-10,14H,5-6,11-13H2. The second kappa shape index (κ2) is 7.29. The van der Waals surface area contributed by atoms with Gasteiger partial charge in [-0.2, -0.15) is 4.39 Å². The molecule has 24 heavy (non-hydrogen) atoms. The zero-order valence-electron chi connectivity index (χ0n) is 13.2. The summed E-state index contributed by atoms with van der Waals surface area (Å²) in [5.74, 6) is 0.272. The number of nitrogens with zero attached hydrogens (tertiary/aromatic N) is 2. The van der Waals surface area contributed by atoms with E-state index in [1.54, 1.807) is 6.07 Å². The molecule has 0 amide bonds. The van der Waals surface area contributed by atoms with E-state index in [1.807, 2.05) is 35.2 Å². The molecule has 6 heteroatoms. The first-order valence-electron chi connectivity index (χ1n) is 8.01. The first-order valence-corrected chi connectivity index (χ1v) is 8.01. The fourth-order valence-corrected chi connectivity index (χ4v) is 3.09. The third-order valence-corrected chi connectivity index (χ3v) is 4.24. The Morgan fingerprint density at radius 1 is 1.21 bits per heavy atom. The number of ether oxygens (including phenoxy) is 1. The molecular formula is C18H19FN2O3. The van der Waals surface area contributed by atoms with Crippen LogP contribution in [0.5, 0.6) is 5.75 Å². The molecule has 1 heterocycles. The Hall–Kier alpha value is -2.63. The normalized spacial score (nSPS) is 17.5. The fourth-order valence-electron chi connectivity index (χ4n) is 3.09. The van der Waals surface area contributed by atoms with Gasteiger partial charge in [0.15, 0.2) is 0 Å². The summed E-state index contributed by atoms with van der Waals surface area (Å²) in [7, 11) is 0. The number of nitro benzene ring substituents is 1. The number of nitro groups is 1. The average Bonchev–Trinajstić information content (AvgIpc) is 2.60. The summed E-state index contributed by atoms with van der Waals surface area (Å²) in [5.41, 5.74) is -0.0912. The topological polar surface area (TPSA) is 55.6 Å². The molecule has 1 fully saturated rings. The van der Waals surface area contributed by atoms with Gasteiger partial charge in [0.05, 0.1) is 11.5 Å². The SMILES string of the molecule is O=[N+]([O-])c1c(F)cccc1N1CCCC(COc2ccccc2)C1. The molecule has 0 bridgehead atoms. The zero-order valence-corrected chi connectivity index (χ0v) is 13.2. The minimum absolute atomic E-state index is 0.252. The molecule has 1 aliphatic rings. The summed E-state index contributed by atoms with van der Waals surface area (Å²) in [6.07, 6.45) is 1.89. The van der Waals surface area contributed by atoms with Crippen molar-refractivity contribution in [3.8, 4) is 5.75 Å². The summed E-state index contributed by atoms with van der Waals surface area (Å²) in [6, 6.07) is 13.8. The van der Waals surface area contributed by atoms with Gasteiger partial charge in [-0.25, -0.2) is 0 Å². The molecule has 126 valence electrons. The Balaban J connectivity index is 1.70. The van der Waals surface area contributed by atoms with Crippen LogP contribution in [-0.4, -0.2) is 24.6 Å². The number of piperidine rings is 1. The number of rotatable bonds is 5. The maximum Gasteiger partial charge on any atom is 0.327 e. The molecule has 0 radical (unpaired) electrons. The molecular weight excluding hydrogens is 311 g/mol. The Labute approximate surface area is 139 Å². The van der Waals surface area contributed by atoms with Crippen molar-refractivity contribution in [1.82, 2.24) is 0 Å². The number of benzene rings is 2. The monoisotopic (exact) mass is 330 g/mol. The first kappa shape index (κ1) is 16.2. The highest BCUT2D eigenvalue weighted by molar-refractivity contribution is 5.64. The maximum atomic E-state index is 13.8. The van der Waals surface area contributed by atoms with E-state index in [1.165, 1.54) is 6.07 Å². The molecule has 1 saturated heterocycles. The van der Waals surface area contributed by atoms with E-state index >= 15 is 0 Å². The van der Waals surface area contributed by atoms with Gasteiger partial charge in [0.25, 0.3) is 0 Å². The first-order chi connectivity index (χ1) is 11.6. The van der Waals surface area contributed by atoms with Gasteiger partial charge < -0.3 is 9.64 Å². The summed E-state index contributed by atoms with van der Waals surface area (Å²) in [5, 5.41) is 11.2. The molecule has 1 aliphatic heterocycles. The molecule has 5 nitrogen and oxygen atoms in total. The number of anilines is 1. The lowest BCUT2D eigenvalue weighted by Crippen LogP contribution is -2.38. The number of para-hydroxylation sites is 2. The summed E-state index contributed by atoms with van der Waals surface area (Å²) < 4.78 is 19.6. The molecule has 0 aliphatic carbocycles. The summed E-state index contributed by atoms with van der Waals surface area (Å²) >= 11 is 0. The average molecular weight is 330 g/mol. The van der Waals surface area contributed by atoms with Crippen LogP contribution in [-0.2, 0) is 0 Å². The maximum absolute atomic E-state index is 13.8. The lowest BCUT2D eigenvalue weighted by atomic mass is 9.98. The summed E-state index contributed by atoms with van der Waals surface area (Å²) in [4.78, 5) is 12.4. The van der Waals surface area contributed by atoms with Crippen LogP contribution in [0.25, 0.3) is 0 Å². The van der Waals surface area contributed by atoms with E-state index in [0.717, 1.165) is 24.7 Å². The zero-order chi connectivity index (χ0) is 16.9. The van der Waals surface area contributed by atoms with E-state index in [9.17, 15) is 14.5 Å². The fraction of sp³-hybridized carbons (Fsp3) is 0.333. The van der Waals surface area contributed by atoms with E-state index in [2.05, 4.69) is 0 Å². The van der Waals surface area contributed by atoms with Crippen molar-refractivity contribution >= 4 is 11.4 Å². The van der Waals surface area contributed by atoms with Crippen LogP contribution in [0.2, 0.25) is 0 Å². The predicted molar refractivity (Wildman–Crippen MR) is 89.9 cm³/mol. The minimum atomic E-state index is -0.792. The molecule has 0 aromatic heterocycles. The summed E-state index contributed by atoms with van der Waals surface area (Å²) in [6.45, 7) is 1.85. The van der Waals surface area contributed by atoms with Crippen LogP contribution in [0.1, 0.15) is 12.8 Å². The van der Waals surface area contributed by atoms with Gasteiger partial charge in [-0.3, -0.25) is 10.1 Å². The third-order valence-electron chi connectivity index (χ3n) is 4.24. The highest BCUT2D eigenvalue weighted by Gasteiger charge is 2.28. The van der Waals surface area contributed by atoms with Crippen LogP contribution in [0, 0.1) is 21.8 Å². The lowest BCUT2D eigenvalue weighted by Gasteiger charge is -2.34. The molecule has 2 aromatic rings. The quantitative estimate of drug-likeness (QED) is 0.613. The third kappa shape index (κ3) is 3.64. The van der Waals surface area contributed by atoms with Crippen LogP contribution >= 0.6 is 0 Å². The molecule has 0 N–H and O–H groups in total. The molecule has 1 atom stereocenters. The predicted octanol–water partition coefficient (Wildman–Crippen LogP) is 4.03. The Bertz CT molecular complexity index is 709. The van der Waals surface area contributed by atoms with Gasteiger partial charge >= 0.3 is 5.69 Å². The Morgan fingerprint density at radius 2 is 2.00 bits per heavy atom. The van der Waals surface area contributed by atoms with Gasteiger partial charge in [-0.15, -0.1) is 0 Å². The lowest BCUT2D eigenvalue weighted by molar-refractivity contribution is -0.386. The number of halogens is 1. The van der Waals surface area contributed by atoms with Gasteiger partial charge in [-0.1, -0.05) is 24.3 Å². The van der Waals surface area contributed by atoms with Gasteiger partial charge in [0.2, 0.25) is 5.82 Å². The van der Waals surface area contributed by atoms with Crippen LogP contribution < -0.4 is 9.64 Å². The molecule has 1 unspecified atom stereocenters. The highest BCUT2D eigenvalue weighted by atomic mass is 19.1. The molecule has 0 spiro atoms. The van der Waals surface area contributed by atoms with Crippen molar-refractivity contribution in [2.45, 2.75) is 12.8 Å². The Morgan fingerprint density at radius 3 is 2.75 bits per heavy atom. The van der Waals surface area contributed by atoms with Gasteiger partial charge in [-0.05, 0) is 37.1 Å². The van der Waals surface area contributed by atoms with Crippen LogP contribution in [0.3, 0.4) is 0 Å². The van der Waals surface area contributed by atoms with Gasteiger partial charge in [0, 0.05) is 19.0 Å². The number of hydrogen-bond donors (Lipinski definition) is 0. The van der Waals surface area contributed by atoms with E-state index in [-0.39, 0.29) is 5.92 Å². The Kier molecular flexibility index (Phi) is 4.93. The molecule has 0 saturated carbocycles. The van der Waals surface area contributed by atoms with Crippen LogP contribution in [0.4, 0.5) is 15.8 Å². The van der Waals surface area contributed by atoms with Gasteiger partial charge in [0.1, 0.15) is 11.4 Å². The van der Waals surface area contributed by atoms with Crippen molar-refractivity contribution in [2.75, 3.05) is 24.6 Å². The van der Waals surface area contributed by atoms with Crippen molar-refractivity contribution in [3.05, 3.63) is 64.5 Å². The molecule has 2 aromatic carbocycles. The van der Waals surface area contributed by atoms with Crippen molar-refractivity contribution in [1.29, 1.82) is 0 Å². The van der Waals surface area contributed by atoms with E-state index in [4.69, 9.17) is 4.74 Å². The van der Waals surface area contributed by atoms with E-state index < -0.39 is 16.4 Å².